The Bertz CT molecular complexity index is 772. The molecular weight excluding hydrogens is 342 g/mol. The minimum atomic E-state index is -1.44. The van der Waals surface area contributed by atoms with Gasteiger partial charge in [-0.05, 0) is 19.1 Å². The molecule has 0 bridgehead atoms. The van der Waals surface area contributed by atoms with Crippen LogP contribution >= 0.6 is 0 Å². The predicted octanol–water partition coefficient (Wildman–Crippen LogP) is 0.158. The molecule has 9 nitrogen and oxygen atoms in total. The first-order chi connectivity index (χ1) is 12.5. The van der Waals surface area contributed by atoms with Crippen LogP contribution in [-0.4, -0.2) is 67.4 Å². The summed E-state index contributed by atoms with van der Waals surface area (Å²) >= 11 is 0. The Kier molecular flexibility index (Phi) is 5.43. The summed E-state index contributed by atoms with van der Waals surface area (Å²) < 4.78 is 11.1. The molecule has 9 heteroatoms. The lowest BCUT2D eigenvalue weighted by Crippen LogP contribution is -2.58. The zero-order chi connectivity index (χ0) is 18.7. The van der Waals surface area contributed by atoms with E-state index in [4.69, 9.17) is 14.7 Å². The molecule has 0 aliphatic carbocycles. The highest BCUT2D eigenvalue weighted by atomic mass is 16.7. The third kappa shape index (κ3) is 3.81. The standard InChI is InChI=1S/C17H19N3O6/c1-9-14(21)15(22)16(23)17(25-9)26-11-6-10(8-19-24)20-13(7-11)12-4-2-3-5-18-12/h2-9,14-17,21-24H,1H3/b19-8+/t9-,14-,15-,16-,17-/m1/s1. The van der Waals surface area contributed by atoms with Gasteiger partial charge in [-0.1, -0.05) is 11.2 Å². The predicted molar refractivity (Wildman–Crippen MR) is 89.8 cm³/mol. The van der Waals surface area contributed by atoms with Gasteiger partial charge in [0.05, 0.1) is 29.4 Å². The molecule has 1 saturated heterocycles. The van der Waals surface area contributed by atoms with Gasteiger partial charge in [-0.15, -0.1) is 0 Å². The van der Waals surface area contributed by atoms with Crippen molar-refractivity contribution in [3.63, 3.8) is 0 Å². The molecule has 3 rings (SSSR count). The van der Waals surface area contributed by atoms with Gasteiger partial charge in [-0.25, -0.2) is 4.98 Å². The molecule has 3 heterocycles. The van der Waals surface area contributed by atoms with Gasteiger partial charge >= 0.3 is 0 Å². The van der Waals surface area contributed by atoms with Gasteiger partial charge in [-0.3, -0.25) is 4.98 Å². The van der Waals surface area contributed by atoms with Crippen LogP contribution in [0.15, 0.2) is 41.7 Å². The Labute approximate surface area is 149 Å². The zero-order valence-electron chi connectivity index (χ0n) is 13.9. The second-order valence-electron chi connectivity index (χ2n) is 5.87. The van der Waals surface area contributed by atoms with Crippen molar-refractivity contribution >= 4 is 6.21 Å². The molecule has 1 fully saturated rings. The second-order valence-corrected chi connectivity index (χ2v) is 5.87. The molecule has 2 aromatic heterocycles. The average Bonchev–Trinajstić information content (AvgIpc) is 2.65. The third-order valence-corrected chi connectivity index (χ3v) is 4.00. The molecule has 138 valence electrons. The Morgan fingerprint density at radius 2 is 1.92 bits per heavy atom. The summed E-state index contributed by atoms with van der Waals surface area (Å²) in [6, 6.07) is 8.37. The van der Waals surface area contributed by atoms with Crippen LogP contribution in [0.25, 0.3) is 11.4 Å². The van der Waals surface area contributed by atoms with E-state index in [0.717, 1.165) is 6.21 Å². The topological polar surface area (TPSA) is 138 Å². The van der Waals surface area contributed by atoms with E-state index < -0.39 is 30.7 Å². The molecule has 0 saturated carbocycles. The van der Waals surface area contributed by atoms with Crippen LogP contribution in [-0.2, 0) is 4.74 Å². The fourth-order valence-electron chi connectivity index (χ4n) is 2.61. The molecule has 0 unspecified atom stereocenters. The molecule has 5 atom stereocenters. The highest BCUT2D eigenvalue weighted by Gasteiger charge is 2.43. The molecule has 1 aliphatic heterocycles. The van der Waals surface area contributed by atoms with Gasteiger partial charge in [0.15, 0.2) is 0 Å². The minimum absolute atomic E-state index is 0.260. The van der Waals surface area contributed by atoms with E-state index in [1.807, 2.05) is 0 Å². The highest BCUT2D eigenvalue weighted by Crippen LogP contribution is 2.27. The second kappa shape index (κ2) is 7.75. The van der Waals surface area contributed by atoms with Crippen LogP contribution in [0, 0.1) is 0 Å². The van der Waals surface area contributed by atoms with Crippen molar-refractivity contribution in [2.45, 2.75) is 37.6 Å². The van der Waals surface area contributed by atoms with E-state index in [2.05, 4.69) is 15.1 Å². The summed E-state index contributed by atoms with van der Waals surface area (Å²) in [6.45, 7) is 1.56. The number of aliphatic hydroxyl groups is 3. The van der Waals surface area contributed by atoms with Gasteiger partial charge in [0.1, 0.15) is 24.1 Å². The number of nitrogens with zero attached hydrogens (tertiary/aromatic N) is 3. The summed E-state index contributed by atoms with van der Waals surface area (Å²) in [4.78, 5) is 8.51. The number of aliphatic hydroxyl groups excluding tert-OH is 3. The van der Waals surface area contributed by atoms with Crippen molar-refractivity contribution in [1.29, 1.82) is 0 Å². The number of rotatable bonds is 4. The molecular formula is C17H19N3O6. The number of aromatic nitrogens is 2. The van der Waals surface area contributed by atoms with E-state index in [0.29, 0.717) is 17.1 Å². The van der Waals surface area contributed by atoms with Crippen LogP contribution in [0.3, 0.4) is 0 Å². The number of hydrogen-bond donors (Lipinski definition) is 4. The largest absolute Gasteiger partial charge is 0.462 e. The molecule has 1 aliphatic rings. The highest BCUT2D eigenvalue weighted by molar-refractivity contribution is 5.78. The fraction of sp³-hybridized carbons (Fsp3) is 0.353. The maximum atomic E-state index is 10.1. The Balaban J connectivity index is 1.91. The monoisotopic (exact) mass is 361 g/mol. The first kappa shape index (κ1) is 18.2. The van der Waals surface area contributed by atoms with E-state index in [1.54, 1.807) is 37.4 Å². The molecule has 26 heavy (non-hydrogen) atoms. The quantitative estimate of drug-likeness (QED) is 0.343. The van der Waals surface area contributed by atoms with Crippen molar-refractivity contribution < 1.29 is 30.0 Å². The fourth-order valence-corrected chi connectivity index (χ4v) is 2.61. The maximum absolute atomic E-state index is 10.1. The van der Waals surface area contributed by atoms with Crippen LogP contribution in [0.1, 0.15) is 12.6 Å². The van der Waals surface area contributed by atoms with E-state index in [1.165, 1.54) is 6.07 Å². The smallest absolute Gasteiger partial charge is 0.229 e. The van der Waals surface area contributed by atoms with Crippen LogP contribution < -0.4 is 4.74 Å². The first-order valence-corrected chi connectivity index (χ1v) is 7.97. The summed E-state index contributed by atoms with van der Waals surface area (Å²) in [5.74, 6) is 0.260. The number of ether oxygens (including phenoxy) is 2. The van der Waals surface area contributed by atoms with Crippen molar-refractivity contribution in [2.75, 3.05) is 0 Å². The Morgan fingerprint density at radius 3 is 2.62 bits per heavy atom. The molecule has 2 aromatic rings. The van der Waals surface area contributed by atoms with Crippen LogP contribution in [0.5, 0.6) is 5.75 Å². The van der Waals surface area contributed by atoms with E-state index >= 15 is 0 Å². The first-order valence-electron chi connectivity index (χ1n) is 7.97. The van der Waals surface area contributed by atoms with Crippen LogP contribution in [0.2, 0.25) is 0 Å². The average molecular weight is 361 g/mol. The summed E-state index contributed by atoms with van der Waals surface area (Å²) in [5, 5.41) is 41.5. The lowest BCUT2D eigenvalue weighted by molar-refractivity contribution is -0.268. The number of oxime groups is 1. The lowest BCUT2D eigenvalue weighted by Gasteiger charge is -2.38. The van der Waals surface area contributed by atoms with Crippen molar-refractivity contribution in [2.24, 2.45) is 5.16 Å². The van der Waals surface area contributed by atoms with Crippen molar-refractivity contribution in [1.82, 2.24) is 9.97 Å². The van der Waals surface area contributed by atoms with E-state index in [-0.39, 0.29) is 5.75 Å². The molecule has 4 N–H and O–H groups in total. The Hall–Kier alpha value is -2.59. The normalized spacial score (nSPS) is 29.0. The molecule has 0 spiro atoms. The third-order valence-electron chi connectivity index (χ3n) is 4.00. The van der Waals surface area contributed by atoms with Gasteiger partial charge in [0.2, 0.25) is 6.29 Å². The zero-order valence-corrected chi connectivity index (χ0v) is 13.9. The van der Waals surface area contributed by atoms with E-state index in [9.17, 15) is 15.3 Å². The molecule has 0 aromatic carbocycles. The van der Waals surface area contributed by atoms with Gasteiger partial charge in [0, 0.05) is 18.3 Å². The molecule has 0 radical (unpaired) electrons. The minimum Gasteiger partial charge on any atom is -0.462 e. The van der Waals surface area contributed by atoms with Crippen LogP contribution in [0.4, 0.5) is 0 Å². The van der Waals surface area contributed by atoms with Gasteiger partial charge in [0.25, 0.3) is 0 Å². The molecule has 0 amide bonds. The summed E-state index contributed by atoms with van der Waals surface area (Å²) in [5.41, 5.74) is 1.32. The van der Waals surface area contributed by atoms with Gasteiger partial charge in [-0.2, -0.15) is 0 Å². The van der Waals surface area contributed by atoms with Crippen molar-refractivity contribution in [3.05, 3.63) is 42.2 Å². The van der Waals surface area contributed by atoms with Gasteiger partial charge < -0.3 is 30.0 Å². The number of pyridine rings is 2. The number of hydrogen-bond acceptors (Lipinski definition) is 9. The summed E-state index contributed by atoms with van der Waals surface area (Å²) in [6.07, 6.45) is -3.25. The Morgan fingerprint density at radius 1 is 1.12 bits per heavy atom. The lowest BCUT2D eigenvalue weighted by atomic mass is 10.00. The maximum Gasteiger partial charge on any atom is 0.229 e. The SMILES string of the molecule is C[C@H]1O[C@H](Oc2cc(/C=N/O)nc(-c3ccccn3)c2)[C@H](O)[C@H](O)[C@@H]1O. The van der Waals surface area contributed by atoms with Crippen molar-refractivity contribution in [3.8, 4) is 17.1 Å². The summed E-state index contributed by atoms with van der Waals surface area (Å²) in [7, 11) is 0.